The lowest BCUT2D eigenvalue weighted by Crippen LogP contribution is -2.25. The molecule has 1 aromatic carbocycles. The van der Waals surface area contributed by atoms with E-state index in [9.17, 15) is 22.8 Å². The maximum atomic E-state index is 12.9. The molecule has 1 N–H and O–H groups in total. The number of ether oxygens (including phenoxy) is 1. The van der Waals surface area contributed by atoms with Crippen molar-refractivity contribution in [3.8, 4) is 0 Å². The Labute approximate surface area is 136 Å². The van der Waals surface area contributed by atoms with Crippen LogP contribution in [0, 0.1) is 0 Å². The lowest BCUT2D eigenvalue weighted by Gasteiger charge is -2.16. The van der Waals surface area contributed by atoms with Crippen molar-refractivity contribution in [3.05, 3.63) is 29.8 Å². The van der Waals surface area contributed by atoms with Crippen LogP contribution >= 0.6 is 11.8 Å². The molecule has 0 aromatic heterocycles. The molecule has 0 heterocycles. The van der Waals surface area contributed by atoms with Gasteiger partial charge in [-0.3, -0.25) is 9.59 Å². The molecule has 1 unspecified atom stereocenters. The fourth-order valence-corrected chi connectivity index (χ4v) is 2.30. The van der Waals surface area contributed by atoms with E-state index in [0.717, 1.165) is 17.8 Å². The SMILES string of the molecule is CC(C)OC(=O)CSC(C)C(=O)Nc1ccccc1C(F)(F)F. The van der Waals surface area contributed by atoms with E-state index in [4.69, 9.17) is 4.74 Å². The molecule has 0 saturated heterocycles. The van der Waals surface area contributed by atoms with Crippen molar-refractivity contribution in [3.63, 3.8) is 0 Å². The van der Waals surface area contributed by atoms with Crippen molar-refractivity contribution in [1.82, 2.24) is 0 Å². The first-order chi connectivity index (χ1) is 10.6. The normalized spacial score (nSPS) is 12.8. The van der Waals surface area contributed by atoms with Gasteiger partial charge in [-0.15, -0.1) is 11.8 Å². The van der Waals surface area contributed by atoms with Crippen molar-refractivity contribution >= 4 is 29.3 Å². The summed E-state index contributed by atoms with van der Waals surface area (Å²) in [5.74, 6) is -1.13. The number of anilines is 1. The van der Waals surface area contributed by atoms with E-state index in [1.54, 1.807) is 13.8 Å². The third-order valence-corrected chi connectivity index (χ3v) is 3.79. The van der Waals surface area contributed by atoms with E-state index in [1.165, 1.54) is 25.1 Å². The summed E-state index contributed by atoms with van der Waals surface area (Å²) >= 11 is 0.999. The van der Waals surface area contributed by atoms with Crippen LogP contribution in [0.25, 0.3) is 0 Å². The van der Waals surface area contributed by atoms with E-state index in [1.807, 2.05) is 0 Å². The topological polar surface area (TPSA) is 55.4 Å². The molecule has 4 nitrogen and oxygen atoms in total. The Morgan fingerprint density at radius 2 is 1.83 bits per heavy atom. The molecule has 0 aliphatic rings. The molecule has 0 fully saturated rings. The van der Waals surface area contributed by atoms with Gasteiger partial charge in [-0.1, -0.05) is 12.1 Å². The van der Waals surface area contributed by atoms with Crippen LogP contribution in [0.15, 0.2) is 24.3 Å². The Hall–Kier alpha value is -1.70. The number of hydrogen-bond donors (Lipinski definition) is 1. The summed E-state index contributed by atoms with van der Waals surface area (Å²) in [4.78, 5) is 23.4. The van der Waals surface area contributed by atoms with Gasteiger partial charge >= 0.3 is 12.1 Å². The molecule has 1 atom stereocenters. The molecule has 1 rings (SSSR count). The first-order valence-corrected chi connectivity index (χ1v) is 7.94. The van der Waals surface area contributed by atoms with Gasteiger partial charge in [-0.25, -0.2) is 0 Å². The highest BCUT2D eigenvalue weighted by Gasteiger charge is 2.33. The predicted molar refractivity (Wildman–Crippen MR) is 83.2 cm³/mol. The van der Waals surface area contributed by atoms with E-state index in [2.05, 4.69) is 5.32 Å². The van der Waals surface area contributed by atoms with Crippen LogP contribution in [0.3, 0.4) is 0 Å². The lowest BCUT2D eigenvalue weighted by molar-refractivity contribution is -0.144. The van der Waals surface area contributed by atoms with Gasteiger partial charge < -0.3 is 10.1 Å². The minimum atomic E-state index is -4.55. The van der Waals surface area contributed by atoms with E-state index < -0.39 is 28.9 Å². The number of esters is 1. The van der Waals surface area contributed by atoms with Crippen molar-refractivity contribution in [2.45, 2.75) is 38.3 Å². The lowest BCUT2D eigenvalue weighted by atomic mass is 10.1. The first-order valence-electron chi connectivity index (χ1n) is 6.89. The van der Waals surface area contributed by atoms with Crippen LogP contribution in [-0.4, -0.2) is 29.0 Å². The Kier molecular flexibility index (Phi) is 6.93. The molecule has 0 radical (unpaired) electrons. The Morgan fingerprint density at radius 3 is 2.39 bits per heavy atom. The Morgan fingerprint density at radius 1 is 1.22 bits per heavy atom. The Bertz CT molecular complexity index is 561. The molecule has 0 saturated carbocycles. The van der Waals surface area contributed by atoms with Crippen molar-refractivity contribution in [2.24, 2.45) is 0 Å². The van der Waals surface area contributed by atoms with Gasteiger partial charge in [0.1, 0.15) is 0 Å². The summed E-state index contributed by atoms with van der Waals surface area (Å²) in [6, 6.07) is 4.74. The molecule has 1 aromatic rings. The number of alkyl halides is 3. The number of carbonyl (C=O) groups is 2. The van der Waals surface area contributed by atoms with Gasteiger partial charge in [0.25, 0.3) is 0 Å². The van der Waals surface area contributed by atoms with Gasteiger partial charge in [0.05, 0.1) is 28.4 Å². The second-order valence-electron chi connectivity index (χ2n) is 5.02. The van der Waals surface area contributed by atoms with Crippen molar-refractivity contribution in [2.75, 3.05) is 11.1 Å². The third-order valence-electron chi connectivity index (χ3n) is 2.68. The van der Waals surface area contributed by atoms with Crippen molar-refractivity contribution < 1.29 is 27.5 Å². The zero-order valence-corrected chi connectivity index (χ0v) is 13.8. The number of halogens is 3. The average molecular weight is 349 g/mol. The zero-order chi connectivity index (χ0) is 17.6. The monoisotopic (exact) mass is 349 g/mol. The smallest absolute Gasteiger partial charge is 0.418 e. The van der Waals surface area contributed by atoms with Crippen LogP contribution in [0.5, 0.6) is 0 Å². The highest BCUT2D eigenvalue weighted by Crippen LogP contribution is 2.34. The summed E-state index contributed by atoms with van der Waals surface area (Å²) < 4.78 is 43.5. The average Bonchev–Trinajstić information content (AvgIpc) is 2.43. The zero-order valence-electron chi connectivity index (χ0n) is 12.9. The van der Waals surface area contributed by atoms with Crippen LogP contribution in [0.4, 0.5) is 18.9 Å². The molecule has 0 aliphatic carbocycles. The molecule has 128 valence electrons. The number of benzene rings is 1. The van der Waals surface area contributed by atoms with Crippen LogP contribution in [-0.2, 0) is 20.5 Å². The van der Waals surface area contributed by atoms with Crippen LogP contribution in [0.2, 0.25) is 0 Å². The van der Waals surface area contributed by atoms with Gasteiger partial charge in [-0.05, 0) is 32.9 Å². The second kappa shape index (κ2) is 8.24. The number of para-hydroxylation sites is 1. The highest BCUT2D eigenvalue weighted by atomic mass is 32.2. The minimum Gasteiger partial charge on any atom is -0.462 e. The van der Waals surface area contributed by atoms with Gasteiger partial charge in [0, 0.05) is 0 Å². The molecule has 1 amide bonds. The maximum Gasteiger partial charge on any atom is 0.418 e. The second-order valence-corrected chi connectivity index (χ2v) is 6.35. The molecule has 0 aliphatic heterocycles. The van der Waals surface area contributed by atoms with E-state index in [0.29, 0.717) is 0 Å². The summed E-state index contributed by atoms with van der Waals surface area (Å²) in [6.45, 7) is 4.92. The summed E-state index contributed by atoms with van der Waals surface area (Å²) in [5.41, 5.74) is -1.22. The summed E-state index contributed by atoms with van der Waals surface area (Å²) in [7, 11) is 0. The maximum absolute atomic E-state index is 12.9. The number of nitrogens with one attached hydrogen (secondary N) is 1. The van der Waals surface area contributed by atoms with Crippen molar-refractivity contribution in [1.29, 1.82) is 0 Å². The summed E-state index contributed by atoms with van der Waals surface area (Å²) in [6.07, 6.45) is -4.81. The Balaban J connectivity index is 2.64. The largest absolute Gasteiger partial charge is 0.462 e. The first kappa shape index (κ1) is 19.3. The number of hydrogen-bond acceptors (Lipinski definition) is 4. The summed E-state index contributed by atoms with van der Waals surface area (Å²) in [5, 5.41) is 1.55. The number of amides is 1. The van der Waals surface area contributed by atoms with Gasteiger partial charge in [-0.2, -0.15) is 13.2 Å². The molecule has 0 bridgehead atoms. The molecule has 23 heavy (non-hydrogen) atoms. The fraction of sp³-hybridized carbons (Fsp3) is 0.467. The quantitative estimate of drug-likeness (QED) is 0.796. The van der Waals surface area contributed by atoms with E-state index >= 15 is 0 Å². The molecular formula is C15H18F3NO3S. The number of carbonyl (C=O) groups excluding carboxylic acids is 2. The van der Waals surface area contributed by atoms with Crippen LogP contribution in [0.1, 0.15) is 26.3 Å². The molecule has 8 heteroatoms. The molecular weight excluding hydrogens is 331 g/mol. The van der Waals surface area contributed by atoms with Crippen LogP contribution < -0.4 is 5.32 Å². The minimum absolute atomic E-state index is 0.0479. The van der Waals surface area contributed by atoms with Gasteiger partial charge in [0.15, 0.2) is 0 Å². The predicted octanol–water partition coefficient (Wildman–Crippen LogP) is 3.72. The molecule has 0 spiro atoms. The number of thioether (sulfide) groups is 1. The number of rotatable bonds is 6. The van der Waals surface area contributed by atoms with E-state index in [-0.39, 0.29) is 17.5 Å². The standard InChI is InChI=1S/C15H18F3NO3S/c1-9(2)22-13(20)8-23-10(3)14(21)19-12-7-5-4-6-11(12)15(16,17)18/h4-7,9-10H,8H2,1-3H3,(H,19,21). The van der Waals surface area contributed by atoms with Gasteiger partial charge in [0.2, 0.25) is 5.91 Å². The third kappa shape index (κ3) is 6.52. The fourth-order valence-electron chi connectivity index (χ4n) is 1.64. The highest BCUT2D eigenvalue weighted by molar-refractivity contribution is 8.01.